The number of anilines is 2. The minimum absolute atomic E-state index is 0.154. The van der Waals surface area contributed by atoms with E-state index >= 15 is 0 Å². The second-order valence-electron chi connectivity index (χ2n) is 11.0. The number of aryl methyl sites for hydroxylation is 1. The zero-order chi connectivity index (χ0) is 30.7. The van der Waals surface area contributed by atoms with Crippen LogP contribution in [0.4, 0.5) is 24.5 Å². The Balaban J connectivity index is 1.22. The van der Waals surface area contributed by atoms with Crippen LogP contribution in [0, 0.1) is 38.4 Å². The van der Waals surface area contributed by atoms with Gasteiger partial charge in [0.25, 0.3) is 12.3 Å². The van der Waals surface area contributed by atoms with Crippen molar-refractivity contribution in [2.75, 3.05) is 16.8 Å². The predicted octanol–water partition coefficient (Wildman–Crippen LogP) is 6.23. The summed E-state index contributed by atoms with van der Waals surface area (Å²) in [4.78, 5) is 40.6. The maximum absolute atomic E-state index is 14.8. The fraction of sp³-hybridized carbons (Fsp3) is 0.333. The topological polar surface area (TPSA) is 106 Å². The lowest BCUT2D eigenvalue weighted by Gasteiger charge is -2.23. The summed E-state index contributed by atoms with van der Waals surface area (Å²) in [6, 6.07) is 1.76. The lowest BCUT2D eigenvalue weighted by atomic mass is 10.0. The second kappa shape index (κ2) is 10.7. The highest BCUT2D eigenvalue weighted by atomic mass is 35.5. The van der Waals surface area contributed by atoms with Gasteiger partial charge in [0.15, 0.2) is 5.82 Å². The SMILES string of the molecule is Cc1ncc(-c2c(C(F)F)ccc(Cl)c2F)nc1C(=O)Nc1cnn(C(C)c2ncc(N3C[C@H]4C[C@H]4C3=O)c(C)c2C)c1. The Labute approximate surface area is 250 Å². The molecule has 3 atom stereocenters. The summed E-state index contributed by atoms with van der Waals surface area (Å²) in [5.74, 6) is -0.978. The molecule has 1 aliphatic heterocycles. The number of hydrogen-bond acceptors (Lipinski definition) is 6. The number of benzene rings is 1. The molecule has 1 aromatic carbocycles. The molecule has 3 aromatic heterocycles. The molecule has 2 fully saturated rings. The number of nitrogens with zero attached hydrogens (tertiary/aromatic N) is 6. The summed E-state index contributed by atoms with van der Waals surface area (Å²) in [5.41, 5.74) is 2.54. The van der Waals surface area contributed by atoms with Crippen molar-refractivity contribution in [1.29, 1.82) is 0 Å². The van der Waals surface area contributed by atoms with Gasteiger partial charge in [-0.15, -0.1) is 0 Å². The minimum atomic E-state index is -3.00. The third-order valence-corrected chi connectivity index (χ3v) is 8.60. The Hall–Kier alpha value is -4.32. The van der Waals surface area contributed by atoms with Crippen molar-refractivity contribution in [3.05, 3.63) is 81.5 Å². The number of aromatic nitrogens is 5. The Morgan fingerprint density at radius 3 is 2.58 bits per heavy atom. The minimum Gasteiger partial charge on any atom is -0.318 e. The number of nitrogens with one attached hydrogen (secondary N) is 1. The molecule has 43 heavy (non-hydrogen) atoms. The molecule has 1 saturated heterocycles. The van der Waals surface area contributed by atoms with Crippen molar-refractivity contribution in [1.82, 2.24) is 24.7 Å². The number of hydrogen-bond donors (Lipinski definition) is 1. The van der Waals surface area contributed by atoms with Crippen LogP contribution in [0.15, 0.2) is 36.9 Å². The normalized spacial score (nSPS) is 18.3. The van der Waals surface area contributed by atoms with Gasteiger partial charge in [-0.1, -0.05) is 17.7 Å². The molecule has 2 amide bonds. The van der Waals surface area contributed by atoms with E-state index in [1.165, 1.54) is 13.1 Å². The first kappa shape index (κ1) is 28.8. The fourth-order valence-corrected chi connectivity index (χ4v) is 5.78. The average Bonchev–Trinajstić information content (AvgIpc) is 3.47. The number of fused-ring (bicyclic) bond motifs is 1. The van der Waals surface area contributed by atoms with Gasteiger partial charge >= 0.3 is 0 Å². The number of carbonyl (C=O) groups is 2. The van der Waals surface area contributed by atoms with E-state index in [0.717, 1.165) is 53.8 Å². The van der Waals surface area contributed by atoms with Crippen LogP contribution in [0.1, 0.15) is 64.4 Å². The molecule has 9 nitrogen and oxygen atoms in total. The molecule has 222 valence electrons. The van der Waals surface area contributed by atoms with E-state index < -0.39 is 29.3 Å². The molecule has 0 bridgehead atoms. The van der Waals surface area contributed by atoms with Crippen LogP contribution < -0.4 is 10.2 Å². The van der Waals surface area contributed by atoms with Gasteiger partial charge in [-0.05, 0) is 57.2 Å². The number of pyridine rings is 1. The Morgan fingerprint density at radius 2 is 1.88 bits per heavy atom. The van der Waals surface area contributed by atoms with E-state index in [2.05, 4.69) is 25.4 Å². The maximum Gasteiger partial charge on any atom is 0.276 e. The molecule has 1 saturated carbocycles. The van der Waals surface area contributed by atoms with E-state index in [1.54, 1.807) is 17.1 Å². The zero-order valence-electron chi connectivity index (χ0n) is 23.7. The van der Waals surface area contributed by atoms with Gasteiger partial charge in [-0.3, -0.25) is 24.2 Å². The van der Waals surface area contributed by atoms with Gasteiger partial charge in [-0.25, -0.2) is 18.2 Å². The van der Waals surface area contributed by atoms with E-state index in [4.69, 9.17) is 11.6 Å². The summed E-state index contributed by atoms with van der Waals surface area (Å²) in [7, 11) is 0. The molecule has 6 rings (SSSR count). The van der Waals surface area contributed by atoms with Crippen molar-refractivity contribution >= 4 is 34.8 Å². The number of halogens is 4. The summed E-state index contributed by atoms with van der Waals surface area (Å²) >= 11 is 5.84. The van der Waals surface area contributed by atoms with Crippen LogP contribution in [0.3, 0.4) is 0 Å². The molecule has 13 heteroatoms. The van der Waals surface area contributed by atoms with Gasteiger partial charge < -0.3 is 10.2 Å². The van der Waals surface area contributed by atoms with Crippen molar-refractivity contribution < 1.29 is 22.8 Å². The summed E-state index contributed by atoms with van der Waals surface area (Å²) < 4.78 is 43.8. The van der Waals surface area contributed by atoms with Gasteiger partial charge in [0.05, 0.1) is 58.1 Å². The van der Waals surface area contributed by atoms with Crippen LogP contribution in [-0.2, 0) is 4.79 Å². The van der Waals surface area contributed by atoms with Crippen LogP contribution in [0.25, 0.3) is 11.3 Å². The molecule has 4 heterocycles. The first-order valence-electron chi connectivity index (χ1n) is 13.7. The van der Waals surface area contributed by atoms with Crippen molar-refractivity contribution in [3.8, 4) is 11.3 Å². The first-order valence-corrected chi connectivity index (χ1v) is 14.1. The lowest BCUT2D eigenvalue weighted by molar-refractivity contribution is -0.118. The highest BCUT2D eigenvalue weighted by Gasteiger charge is 2.52. The number of alkyl halides is 2. The zero-order valence-corrected chi connectivity index (χ0v) is 24.5. The van der Waals surface area contributed by atoms with Gasteiger partial charge in [-0.2, -0.15) is 5.10 Å². The van der Waals surface area contributed by atoms with Crippen LogP contribution in [-0.4, -0.2) is 43.1 Å². The van der Waals surface area contributed by atoms with Crippen molar-refractivity contribution in [2.45, 2.75) is 46.6 Å². The predicted molar refractivity (Wildman–Crippen MR) is 154 cm³/mol. The third kappa shape index (κ3) is 5.03. The van der Waals surface area contributed by atoms with E-state index in [-0.39, 0.29) is 40.0 Å². The van der Waals surface area contributed by atoms with E-state index in [1.807, 2.05) is 25.7 Å². The molecule has 4 aromatic rings. The standard InChI is InChI=1S/C30H27ClF3N7O2/c1-13-14(2)26(36-10-23(13)40-11-17-7-20(17)30(40)43)16(4)41-12-18(8-37-41)38-29(42)27-15(3)35-9-22(39-27)24-19(28(33)34)5-6-21(31)25(24)32/h5-6,8-10,12,16-17,20,28H,7,11H2,1-4H3,(H,38,42)/t16?,17-,20-/m1/s1. The summed E-state index contributed by atoms with van der Waals surface area (Å²) in [6.45, 7) is 8.12. The van der Waals surface area contributed by atoms with Crippen LogP contribution in [0.2, 0.25) is 5.02 Å². The fourth-order valence-electron chi connectivity index (χ4n) is 5.62. The second-order valence-corrected chi connectivity index (χ2v) is 11.4. The molecule has 1 aliphatic carbocycles. The number of amides is 2. The molecular formula is C30H27ClF3N7O2. The van der Waals surface area contributed by atoms with Crippen molar-refractivity contribution in [2.24, 2.45) is 11.8 Å². The Bertz CT molecular complexity index is 1790. The summed E-state index contributed by atoms with van der Waals surface area (Å²) in [6.07, 6.45) is 3.92. The highest BCUT2D eigenvalue weighted by Crippen LogP contribution is 2.48. The molecule has 1 unspecified atom stereocenters. The van der Waals surface area contributed by atoms with Crippen LogP contribution >= 0.6 is 11.6 Å². The third-order valence-electron chi connectivity index (χ3n) is 8.31. The molecular weight excluding hydrogens is 583 g/mol. The Morgan fingerprint density at radius 1 is 1.12 bits per heavy atom. The van der Waals surface area contributed by atoms with Gasteiger partial charge in [0, 0.05) is 29.8 Å². The first-order chi connectivity index (χ1) is 20.5. The van der Waals surface area contributed by atoms with Crippen molar-refractivity contribution in [3.63, 3.8) is 0 Å². The van der Waals surface area contributed by atoms with E-state index in [0.29, 0.717) is 11.6 Å². The number of rotatable bonds is 7. The monoisotopic (exact) mass is 609 g/mol. The van der Waals surface area contributed by atoms with Gasteiger partial charge in [0.2, 0.25) is 5.91 Å². The van der Waals surface area contributed by atoms with Crippen LogP contribution in [0.5, 0.6) is 0 Å². The van der Waals surface area contributed by atoms with E-state index in [9.17, 15) is 22.8 Å². The molecule has 0 radical (unpaired) electrons. The Kier molecular flexibility index (Phi) is 7.19. The molecule has 0 spiro atoms. The summed E-state index contributed by atoms with van der Waals surface area (Å²) in [5, 5.41) is 6.73. The molecule has 2 aliphatic rings. The van der Waals surface area contributed by atoms with Gasteiger partial charge in [0.1, 0.15) is 5.69 Å². The highest BCUT2D eigenvalue weighted by molar-refractivity contribution is 6.31. The lowest BCUT2D eigenvalue weighted by Crippen LogP contribution is -2.29. The molecule has 1 N–H and O–H groups in total. The number of carbonyl (C=O) groups excluding carboxylic acids is 2. The number of piperidine rings is 1. The average molecular weight is 610 g/mol. The smallest absolute Gasteiger partial charge is 0.276 e. The maximum atomic E-state index is 14.8. The quantitative estimate of drug-likeness (QED) is 0.266. The largest absolute Gasteiger partial charge is 0.318 e.